The Kier molecular flexibility index (Phi) is 31.5. The van der Waals surface area contributed by atoms with Crippen LogP contribution in [-0.2, 0) is 21.7 Å². The number of hydrogen-bond acceptors (Lipinski definition) is 3. The Labute approximate surface area is 211 Å². The summed E-state index contributed by atoms with van der Waals surface area (Å²) in [5, 5.41) is 22.8. The number of unbranched alkanes of at least 4 members (excludes halogenated alkanes) is 2. The summed E-state index contributed by atoms with van der Waals surface area (Å²) in [5.74, 6) is 0. The molecular weight excluding hydrogens is 420 g/mol. The molecule has 0 aromatic carbocycles. The molecule has 0 saturated heterocycles. The minimum absolute atomic E-state index is 0. The second-order valence-electron chi connectivity index (χ2n) is 10.1. The van der Waals surface area contributed by atoms with Crippen molar-refractivity contribution >= 4 is 0 Å². The van der Waals surface area contributed by atoms with Crippen molar-refractivity contribution in [2.45, 2.75) is 164 Å². The molecule has 1 saturated carbocycles. The van der Waals surface area contributed by atoms with Crippen molar-refractivity contribution < 1.29 is 31.9 Å². The largest absolute Gasteiger partial charge is 3.00 e. The Bertz CT molecular complexity index is 307. The second kappa shape index (κ2) is 25.2. The van der Waals surface area contributed by atoms with E-state index in [2.05, 4.69) is 33.0 Å². The summed E-state index contributed by atoms with van der Waals surface area (Å²) in [4.78, 5) is 0. The molecule has 1 aliphatic rings. The van der Waals surface area contributed by atoms with E-state index >= 15 is 0 Å². The Balaban J connectivity index is -0.000000232. The molecule has 0 spiro atoms. The molecule has 0 aromatic rings. The molecule has 0 aromatic heterocycles. The first kappa shape index (κ1) is 38.8. The smallest absolute Gasteiger partial charge is 0.852 e. The molecule has 1 aliphatic carbocycles. The first-order valence-corrected chi connectivity index (χ1v) is 12.6. The van der Waals surface area contributed by atoms with Gasteiger partial charge in [-0.05, 0) is 37.5 Å². The number of nitrogens with one attached hydrogen (secondary N) is 2. The zero-order valence-corrected chi connectivity index (χ0v) is 24.3. The molecule has 1 unspecified atom stereocenters. The van der Waals surface area contributed by atoms with E-state index in [4.69, 9.17) is 5.73 Å². The van der Waals surface area contributed by atoms with Crippen molar-refractivity contribution in [3.63, 3.8) is 0 Å². The van der Waals surface area contributed by atoms with Crippen molar-refractivity contribution in [2.75, 3.05) is 0 Å². The van der Waals surface area contributed by atoms with Gasteiger partial charge in [-0.2, -0.15) is 0 Å². The van der Waals surface area contributed by atoms with Crippen LogP contribution in [0.25, 0.3) is 5.73 Å². The van der Waals surface area contributed by atoms with Gasteiger partial charge < -0.3 is 21.3 Å². The van der Waals surface area contributed by atoms with Gasteiger partial charge in [0.05, 0.1) is 0 Å². The van der Waals surface area contributed by atoms with Crippen LogP contribution in [0.1, 0.15) is 133 Å². The van der Waals surface area contributed by atoms with Crippen LogP contribution < -0.4 is 15.5 Å². The summed E-state index contributed by atoms with van der Waals surface area (Å²) >= 11 is 0. The van der Waals surface area contributed by atoms with Gasteiger partial charge in [-0.1, -0.05) is 101 Å². The minimum Gasteiger partial charge on any atom is -0.852 e. The quantitative estimate of drug-likeness (QED) is 0.420. The Morgan fingerprint density at radius 3 is 1.52 bits per heavy atom. The molecule has 0 heterocycles. The zero-order valence-electron chi connectivity index (χ0n) is 22.8. The summed E-state index contributed by atoms with van der Waals surface area (Å²) in [5.41, 5.74) is 7.26. The maximum atomic E-state index is 9.53. The number of rotatable bonds is 8. The predicted octanol–water partition coefficient (Wildman–Crippen LogP) is 6.25. The van der Waals surface area contributed by atoms with Crippen molar-refractivity contribution in [3.8, 4) is 0 Å². The van der Waals surface area contributed by atoms with Crippen LogP contribution >= 0.6 is 0 Å². The molecule has 1 atom stereocenters. The standard InChI is InChI=1S/C17H35N.C3H8N.2C3H7O.Ti/c1-5-7-11-17(12-8-6-2)13-9-10-16(14-17)18-15(3)4;3*1-3(2)4;/h15-16,18H,5-14H2,1-4H3;3-4H,1-2H3;2*3H,1-2H3;/q;3*-1;+3. The van der Waals surface area contributed by atoms with Crippen molar-refractivity contribution in [1.29, 1.82) is 0 Å². The van der Waals surface area contributed by atoms with E-state index in [1.165, 1.54) is 64.2 Å². The summed E-state index contributed by atoms with van der Waals surface area (Å²) < 4.78 is 0. The third-order valence-electron chi connectivity index (χ3n) is 4.63. The molecule has 1 rings (SSSR count). The molecule has 5 heteroatoms. The topological polar surface area (TPSA) is 82.0 Å². The molecule has 31 heavy (non-hydrogen) atoms. The summed E-state index contributed by atoms with van der Waals surface area (Å²) in [6.45, 7) is 19.4. The maximum absolute atomic E-state index is 9.53. The minimum atomic E-state index is -0.417. The molecule has 187 valence electrons. The van der Waals surface area contributed by atoms with Crippen LogP contribution in [0.15, 0.2) is 0 Å². The molecular formula is C26H57N2O2Ti. The Hall–Kier alpha value is 0.554. The summed E-state index contributed by atoms with van der Waals surface area (Å²) in [7, 11) is 0. The van der Waals surface area contributed by atoms with E-state index in [1.807, 2.05) is 13.8 Å². The molecule has 0 aliphatic heterocycles. The van der Waals surface area contributed by atoms with Gasteiger partial charge in [0.25, 0.3) is 0 Å². The zero-order chi connectivity index (χ0) is 24.2. The van der Waals surface area contributed by atoms with Gasteiger partial charge in [-0.15, -0.1) is 18.2 Å². The molecule has 0 amide bonds. The van der Waals surface area contributed by atoms with Crippen molar-refractivity contribution in [1.82, 2.24) is 5.32 Å². The SMILES string of the molecule is CC(C)[NH-].CC(C)[O-].CC(C)[O-].CCCCC1(CCCC)CCCC(NC(C)C)C1.[Ti+3]. The van der Waals surface area contributed by atoms with Crippen LogP contribution in [0.2, 0.25) is 0 Å². The van der Waals surface area contributed by atoms with Gasteiger partial charge in [0.2, 0.25) is 0 Å². The fourth-order valence-corrected chi connectivity index (χ4v) is 3.75. The van der Waals surface area contributed by atoms with Crippen LogP contribution in [0.5, 0.6) is 0 Å². The van der Waals surface area contributed by atoms with Gasteiger partial charge in [-0.3, -0.25) is 0 Å². The monoisotopic (exact) mass is 477 g/mol. The first-order chi connectivity index (χ1) is 13.8. The fourth-order valence-electron chi connectivity index (χ4n) is 3.75. The Morgan fingerprint density at radius 1 is 0.871 bits per heavy atom. The Morgan fingerprint density at radius 2 is 1.23 bits per heavy atom. The van der Waals surface area contributed by atoms with Crippen molar-refractivity contribution in [3.05, 3.63) is 5.73 Å². The fraction of sp³-hybridized carbons (Fsp3) is 1.00. The predicted molar refractivity (Wildman–Crippen MR) is 132 cm³/mol. The van der Waals surface area contributed by atoms with E-state index in [9.17, 15) is 10.2 Å². The number of hydrogen-bond donors (Lipinski definition) is 1. The van der Waals surface area contributed by atoms with Gasteiger partial charge in [-0.25, -0.2) is 0 Å². The molecule has 2 N–H and O–H groups in total. The van der Waals surface area contributed by atoms with E-state index in [-0.39, 0.29) is 27.8 Å². The van der Waals surface area contributed by atoms with Crippen LogP contribution in [0.3, 0.4) is 0 Å². The molecule has 1 fully saturated rings. The molecule has 1 radical (unpaired) electrons. The van der Waals surface area contributed by atoms with Crippen LogP contribution in [0.4, 0.5) is 0 Å². The van der Waals surface area contributed by atoms with E-state index in [0.29, 0.717) is 11.5 Å². The average Bonchev–Trinajstić information content (AvgIpc) is 2.56. The van der Waals surface area contributed by atoms with Gasteiger partial charge in [0.15, 0.2) is 0 Å². The van der Waals surface area contributed by atoms with Gasteiger partial charge in [0, 0.05) is 12.1 Å². The second-order valence-corrected chi connectivity index (χ2v) is 10.1. The van der Waals surface area contributed by atoms with E-state index < -0.39 is 12.2 Å². The maximum Gasteiger partial charge on any atom is 3.00 e. The third-order valence-corrected chi connectivity index (χ3v) is 4.63. The summed E-state index contributed by atoms with van der Waals surface area (Å²) in [6, 6.07) is 1.51. The van der Waals surface area contributed by atoms with Gasteiger partial charge >= 0.3 is 21.7 Å². The average molecular weight is 478 g/mol. The van der Waals surface area contributed by atoms with Crippen LogP contribution in [-0.4, -0.2) is 30.3 Å². The molecule has 4 nitrogen and oxygen atoms in total. The normalized spacial score (nSPS) is 17.1. The van der Waals surface area contributed by atoms with Crippen LogP contribution in [0, 0.1) is 5.41 Å². The van der Waals surface area contributed by atoms with E-state index in [0.717, 1.165) is 6.04 Å². The molecule has 0 bridgehead atoms. The van der Waals surface area contributed by atoms with Gasteiger partial charge in [0.1, 0.15) is 0 Å². The summed E-state index contributed by atoms with van der Waals surface area (Å²) in [6.07, 6.45) is 13.5. The van der Waals surface area contributed by atoms with E-state index in [1.54, 1.807) is 27.7 Å². The van der Waals surface area contributed by atoms with Crippen molar-refractivity contribution in [2.24, 2.45) is 5.41 Å². The first-order valence-electron chi connectivity index (χ1n) is 12.6. The third kappa shape index (κ3) is 35.3.